The van der Waals surface area contributed by atoms with E-state index in [1.807, 2.05) is 19.3 Å². The molecule has 0 radical (unpaired) electrons. The van der Waals surface area contributed by atoms with Crippen molar-refractivity contribution in [1.82, 2.24) is 19.8 Å². The molecule has 2 aliphatic rings. The lowest BCUT2D eigenvalue weighted by molar-refractivity contribution is 0.107. The van der Waals surface area contributed by atoms with E-state index in [-0.39, 0.29) is 0 Å². The summed E-state index contributed by atoms with van der Waals surface area (Å²) in [6.45, 7) is 7.78. The van der Waals surface area contributed by atoms with Crippen molar-refractivity contribution in [2.75, 3.05) is 51.7 Å². The zero-order valence-electron chi connectivity index (χ0n) is 14.3. The second kappa shape index (κ2) is 6.50. The summed E-state index contributed by atoms with van der Waals surface area (Å²) in [5, 5.41) is 0. The van der Waals surface area contributed by atoms with Gasteiger partial charge >= 0.3 is 0 Å². The van der Waals surface area contributed by atoms with Crippen molar-refractivity contribution in [3.63, 3.8) is 0 Å². The third-order valence-electron chi connectivity index (χ3n) is 5.16. The fourth-order valence-corrected chi connectivity index (χ4v) is 3.96. The van der Waals surface area contributed by atoms with Crippen LogP contribution in [0.2, 0.25) is 0 Å². The van der Waals surface area contributed by atoms with Crippen molar-refractivity contribution < 1.29 is 0 Å². The molecular weight excluding hydrogens is 274 g/mol. The molecule has 1 aromatic rings. The molecule has 0 aliphatic carbocycles. The van der Waals surface area contributed by atoms with E-state index in [9.17, 15) is 0 Å². The summed E-state index contributed by atoms with van der Waals surface area (Å²) < 4.78 is 0. The van der Waals surface area contributed by atoms with Crippen molar-refractivity contribution in [2.24, 2.45) is 0 Å². The number of aryl methyl sites for hydroxylation is 1. The topological polar surface area (TPSA) is 35.5 Å². The summed E-state index contributed by atoms with van der Waals surface area (Å²) >= 11 is 0. The van der Waals surface area contributed by atoms with Crippen LogP contribution in [0.4, 0.5) is 5.95 Å². The molecule has 122 valence electrons. The monoisotopic (exact) mass is 303 g/mol. The third kappa shape index (κ3) is 3.25. The Bertz CT molecular complexity index is 486. The number of piperidine rings is 1. The van der Waals surface area contributed by atoms with E-state index >= 15 is 0 Å². The molecule has 2 aliphatic heterocycles. The molecule has 2 fully saturated rings. The summed E-state index contributed by atoms with van der Waals surface area (Å²) in [5.41, 5.74) is 1.48. The molecule has 0 aromatic carbocycles. The first-order valence-electron chi connectivity index (χ1n) is 8.52. The van der Waals surface area contributed by atoms with Crippen LogP contribution in [-0.2, 0) is 0 Å². The van der Waals surface area contributed by atoms with Crippen molar-refractivity contribution >= 4 is 5.95 Å². The van der Waals surface area contributed by atoms with E-state index in [2.05, 4.69) is 38.8 Å². The Labute approximate surface area is 134 Å². The first-order valence-corrected chi connectivity index (χ1v) is 8.52. The number of likely N-dealkylation sites (N-methyl/N-ethyl adjacent to an activating group) is 1. The molecule has 0 bridgehead atoms. The number of rotatable bonds is 4. The molecule has 5 heteroatoms. The predicted octanol–water partition coefficient (Wildman–Crippen LogP) is 1.78. The number of likely N-dealkylation sites (tertiary alicyclic amines) is 1. The van der Waals surface area contributed by atoms with Crippen LogP contribution in [0, 0.1) is 6.92 Å². The quantitative estimate of drug-likeness (QED) is 0.847. The van der Waals surface area contributed by atoms with E-state index in [1.165, 1.54) is 38.8 Å². The zero-order valence-corrected chi connectivity index (χ0v) is 14.3. The van der Waals surface area contributed by atoms with Gasteiger partial charge in [-0.3, -0.25) is 4.90 Å². The molecule has 0 N–H and O–H groups in total. The maximum absolute atomic E-state index is 4.54. The number of anilines is 1. The lowest BCUT2D eigenvalue weighted by Crippen LogP contribution is -2.57. The zero-order chi connectivity index (χ0) is 15.6. The Hall–Kier alpha value is -1.20. The molecule has 3 rings (SSSR count). The number of hydrogen-bond acceptors (Lipinski definition) is 5. The highest BCUT2D eigenvalue weighted by Crippen LogP contribution is 2.37. The normalized spacial score (nSPS) is 26.3. The van der Waals surface area contributed by atoms with Crippen LogP contribution in [-0.4, -0.2) is 72.1 Å². The van der Waals surface area contributed by atoms with E-state index in [1.54, 1.807) is 0 Å². The summed E-state index contributed by atoms with van der Waals surface area (Å²) in [6, 6.07) is 0. The maximum atomic E-state index is 4.54. The number of aromatic nitrogens is 2. The van der Waals surface area contributed by atoms with Crippen LogP contribution in [0.5, 0.6) is 0 Å². The SMILES string of the molecule is Cc1cnc(N2CCCC3(CCCN3CCN(C)C)C2)nc1. The molecule has 22 heavy (non-hydrogen) atoms. The Morgan fingerprint density at radius 2 is 1.82 bits per heavy atom. The molecule has 3 heterocycles. The minimum absolute atomic E-state index is 0.350. The largest absolute Gasteiger partial charge is 0.339 e. The smallest absolute Gasteiger partial charge is 0.225 e. The van der Waals surface area contributed by atoms with E-state index in [0.717, 1.165) is 31.1 Å². The van der Waals surface area contributed by atoms with Crippen molar-refractivity contribution in [1.29, 1.82) is 0 Å². The third-order valence-corrected chi connectivity index (χ3v) is 5.16. The van der Waals surface area contributed by atoms with Crippen LogP contribution in [0.3, 0.4) is 0 Å². The van der Waals surface area contributed by atoms with Crippen molar-refractivity contribution in [2.45, 2.75) is 38.1 Å². The van der Waals surface area contributed by atoms with Gasteiger partial charge in [0.25, 0.3) is 0 Å². The molecule has 5 nitrogen and oxygen atoms in total. The fraction of sp³-hybridized carbons (Fsp3) is 0.765. The van der Waals surface area contributed by atoms with Gasteiger partial charge in [-0.25, -0.2) is 9.97 Å². The van der Waals surface area contributed by atoms with Gasteiger partial charge in [0.15, 0.2) is 0 Å². The van der Waals surface area contributed by atoms with Gasteiger partial charge in [0.05, 0.1) is 0 Å². The predicted molar refractivity (Wildman–Crippen MR) is 90.3 cm³/mol. The van der Waals surface area contributed by atoms with Gasteiger partial charge in [-0.2, -0.15) is 0 Å². The van der Waals surface area contributed by atoms with Crippen molar-refractivity contribution in [3.05, 3.63) is 18.0 Å². The van der Waals surface area contributed by atoms with E-state index < -0.39 is 0 Å². The molecule has 1 spiro atoms. The Kier molecular flexibility index (Phi) is 4.64. The molecule has 1 atom stereocenters. The van der Waals surface area contributed by atoms with Gasteiger partial charge in [-0.1, -0.05) is 0 Å². The summed E-state index contributed by atoms with van der Waals surface area (Å²) in [7, 11) is 4.33. The van der Waals surface area contributed by atoms with Gasteiger partial charge < -0.3 is 9.80 Å². The number of hydrogen-bond donors (Lipinski definition) is 0. The van der Waals surface area contributed by atoms with Gasteiger partial charge in [-0.15, -0.1) is 0 Å². The molecule has 0 amide bonds. The van der Waals surface area contributed by atoms with Crippen LogP contribution in [0.25, 0.3) is 0 Å². The van der Waals surface area contributed by atoms with Crippen molar-refractivity contribution in [3.8, 4) is 0 Å². The molecule has 1 unspecified atom stereocenters. The van der Waals surface area contributed by atoms with Gasteiger partial charge in [-0.05, 0) is 58.8 Å². The first kappa shape index (κ1) is 15.7. The molecular formula is C17H29N5. The lowest BCUT2D eigenvalue weighted by atomic mass is 9.86. The molecule has 0 saturated carbocycles. The van der Waals surface area contributed by atoms with Gasteiger partial charge in [0.2, 0.25) is 5.95 Å². The van der Waals surface area contributed by atoms with Crippen LogP contribution >= 0.6 is 0 Å². The van der Waals surface area contributed by atoms with E-state index in [4.69, 9.17) is 0 Å². The Balaban J connectivity index is 1.72. The lowest BCUT2D eigenvalue weighted by Gasteiger charge is -2.46. The molecule has 1 aromatic heterocycles. The van der Waals surface area contributed by atoms with Gasteiger partial charge in [0, 0.05) is 44.1 Å². The summed E-state index contributed by atoms with van der Waals surface area (Å²) in [5.74, 6) is 0.907. The minimum atomic E-state index is 0.350. The van der Waals surface area contributed by atoms with Gasteiger partial charge in [0.1, 0.15) is 0 Å². The fourth-order valence-electron chi connectivity index (χ4n) is 3.96. The highest BCUT2D eigenvalue weighted by molar-refractivity contribution is 5.32. The van der Waals surface area contributed by atoms with E-state index in [0.29, 0.717) is 5.54 Å². The first-order chi connectivity index (χ1) is 10.6. The molecule has 2 saturated heterocycles. The van der Waals surface area contributed by atoms with Crippen LogP contribution < -0.4 is 4.90 Å². The maximum Gasteiger partial charge on any atom is 0.225 e. The Morgan fingerprint density at radius 1 is 1.14 bits per heavy atom. The summed E-state index contributed by atoms with van der Waals surface area (Å²) in [6.07, 6.45) is 9.08. The summed E-state index contributed by atoms with van der Waals surface area (Å²) in [4.78, 5) is 16.5. The van der Waals surface area contributed by atoms with Crippen LogP contribution in [0.15, 0.2) is 12.4 Å². The highest BCUT2D eigenvalue weighted by atomic mass is 15.3. The second-order valence-corrected chi connectivity index (χ2v) is 7.20. The highest BCUT2D eigenvalue weighted by Gasteiger charge is 2.44. The average Bonchev–Trinajstić information content (AvgIpc) is 2.88. The standard InChI is InChI=1S/C17H29N5/c1-15-12-18-16(19-13-15)21-8-4-6-17(14-21)7-5-9-22(17)11-10-20(2)3/h12-13H,4-11,14H2,1-3H3. The van der Waals surface area contributed by atoms with Crippen LogP contribution in [0.1, 0.15) is 31.2 Å². The Morgan fingerprint density at radius 3 is 2.50 bits per heavy atom. The second-order valence-electron chi connectivity index (χ2n) is 7.20. The average molecular weight is 303 g/mol. The number of nitrogens with zero attached hydrogens (tertiary/aromatic N) is 5. The minimum Gasteiger partial charge on any atom is -0.339 e.